The number of rotatable bonds is 4. The normalized spacial score (nSPS) is 19.6. The Morgan fingerprint density at radius 2 is 2.00 bits per heavy atom. The van der Waals surface area contributed by atoms with Gasteiger partial charge in [-0.15, -0.1) is 0 Å². The van der Waals surface area contributed by atoms with Crippen LogP contribution >= 0.6 is 11.6 Å². The fourth-order valence-electron chi connectivity index (χ4n) is 2.64. The monoisotopic (exact) mass is 317 g/mol. The lowest BCUT2D eigenvalue weighted by Gasteiger charge is -2.24. The van der Waals surface area contributed by atoms with Gasteiger partial charge in [0.15, 0.2) is 0 Å². The Kier molecular flexibility index (Phi) is 5.33. The van der Waals surface area contributed by atoms with Crippen LogP contribution in [0, 0.1) is 0 Å². The van der Waals surface area contributed by atoms with Gasteiger partial charge < -0.3 is 9.47 Å². The molecule has 4 heteroatoms. The number of para-hydroxylation sites is 1. The van der Waals surface area contributed by atoms with Crippen molar-refractivity contribution in [3.63, 3.8) is 0 Å². The van der Waals surface area contributed by atoms with Gasteiger partial charge in [0, 0.05) is 24.7 Å². The smallest absolute Gasteiger partial charge is 0.135 e. The lowest BCUT2D eigenvalue weighted by atomic mass is 10.2. The molecule has 0 aliphatic carbocycles. The van der Waals surface area contributed by atoms with Crippen LogP contribution in [0.3, 0.4) is 0 Å². The lowest BCUT2D eigenvalue weighted by molar-refractivity contribution is 0.0710. The number of halogens is 1. The maximum atomic E-state index is 6.06. The second-order valence-corrected chi connectivity index (χ2v) is 5.93. The Morgan fingerprint density at radius 1 is 1.14 bits per heavy atom. The molecule has 1 atom stereocenters. The van der Waals surface area contributed by atoms with Gasteiger partial charge in [0.05, 0.1) is 13.2 Å². The Morgan fingerprint density at radius 3 is 2.82 bits per heavy atom. The van der Waals surface area contributed by atoms with Crippen LogP contribution in [0.25, 0.3) is 0 Å². The van der Waals surface area contributed by atoms with Crippen LogP contribution in [0.15, 0.2) is 54.6 Å². The lowest BCUT2D eigenvalue weighted by Crippen LogP contribution is -2.35. The molecule has 0 amide bonds. The van der Waals surface area contributed by atoms with E-state index in [0.717, 1.165) is 37.0 Å². The minimum absolute atomic E-state index is 0.0454. The molecular weight excluding hydrogens is 298 g/mol. The minimum atomic E-state index is 0.0454. The first-order valence-corrected chi connectivity index (χ1v) is 7.93. The zero-order chi connectivity index (χ0) is 15.2. The molecule has 3 nitrogen and oxygen atoms in total. The van der Waals surface area contributed by atoms with Crippen molar-refractivity contribution >= 4 is 11.6 Å². The molecule has 1 fully saturated rings. The molecule has 22 heavy (non-hydrogen) atoms. The van der Waals surface area contributed by atoms with E-state index in [9.17, 15) is 0 Å². The zero-order valence-electron chi connectivity index (χ0n) is 12.5. The Bertz CT molecular complexity index is 591. The first kappa shape index (κ1) is 15.3. The molecule has 2 aromatic carbocycles. The van der Waals surface area contributed by atoms with Crippen molar-refractivity contribution < 1.29 is 9.47 Å². The van der Waals surface area contributed by atoms with Gasteiger partial charge in [-0.1, -0.05) is 41.9 Å². The molecule has 0 spiro atoms. The summed E-state index contributed by atoms with van der Waals surface area (Å²) >= 11 is 6.06. The summed E-state index contributed by atoms with van der Waals surface area (Å²) in [5, 5.41) is 0.778. The van der Waals surface area contributed by atoms with E-state index in [-0.39, 0.29) is 6.10 Å². The van der Waals surface area contributed by atoms with Gasteiger partial charge in [0.25, 0.3) is 0 Å². The minimum Gasteiger partial charge on any atom is -0.487 e. The SMILES string of the molecule is Clc1cccc(CN2CCOC[C@H](Oc3ccccc3)C2)c1. The second kappa shape index (κ2) is 7.63. The van der Waals surface area contributed by atoms with Crippen molar-refractivity contribution in [2.24, 2.45) is 0 Å². The predicted octanol–water partition coefficient (Wildman–Crippen LogP) is 3.62. The largest absolute Gasteiger partial charge is 0.487 e. The van der Waals surface area contributed by atoms with Gasteiger partial charge in [0.2, 0.25) is 0 Å². The van der Waals surface area contributed by atoms with E-state index >= 15 is 0 Å². The predicted molar refractivity (Wildman–Crippen MR) is 88.4 cm³/mol. The summed E-state index contributed by atoms with van der Waals surface area (Å²) in [5.74, 6) is 0.890. The van der Waals surface area contributed by atoms with Crippen LogP contribution in [0.1, 0.15) is 5.56 Å². The highest BCUT2D eigenvalue weighted by atomic mass is 35.5. The summed E-state index contributed by atoms with van der Waals surface area (Å²) in [6, 6.07) is 17.9. The van der Waals surface area contributed by atoms with Crippen LogP contribution in [-0.4, -0.2) is 37.3 Å². The van der Waals surface area contributed by atoms with E-state index in [1.54, 1.807) is 0 Å². The average Bonchev–Trinajstić information content (AvgIpc) is 2.73. The van der Waals surface area contributed by atoms with Crippen molar-refractivity contribution in [1.82, 2.24) is 4.90 Å². The molecule has 0 saturated carbocycles. The van der Waals surface area contributed by atoms with Gasteiger partial charge in [-0.05, 0) is 29.8 Å². The van der Waals surface area contributed by atoms with Crippen LogP contribution in [-0.2, 0) is 11.3 Å². The first-order valence-electron chi connectivity index (χ1n) is 7.56. The molecule has 0 aromatic heterocycles. The van der Waals surface area contributed by atoms with E-state index in [1.165, 1.54) is 5.56 Å². The highest BCUT2D eigenvalue weighted by Crippen LogP contribution is 2.16. The molecule has 116 valence electrons. The van der Waals surface area contributed by atoms with E-state index in [4.69, 9.17) is 21.1 Å². The molecular formula is C18H20ClNO2. The van der Waals surface area contributed by atoms with Crippen LogP contribution < -0.4 is 4.74 Å². The summed E-state index contributed by atoms with van der Waals surface area (Å²) < 4.78 is 11.7. The van der Waals surface area contributed by atoms with Crippen LogP contribution in [0.4, 0.5) is 0 Å². The molecule has 1 saturated heterocycles. The molecule has 1 aliphatic heterocycles. The Labute approximate surface area is 136 Å². The standard InChI is InChI=1S/C18H20ClNO2/c19-16-6-4-5-15(11-16)12-20-9-10-21-14-18(13-20)22-17-7-2-1-3-8-17/h1-8,11,18H,9-10,12-14H2/t18-/m1/s1. The van der Waals surface area contributed by atoms with E-state index in [0.29, 0.717) is 6.61 Å². The molecule has 2 aromatic rings. The third-order valence-electron chi connectivity index (χ3n) is 3.66. The van der Waals surface area contributed by atoms with E-state index in [2.05, 4.69) is 11.0 Å². The number of ether oxygens (including phenoxy) is 2. The molecule has 1 aliphatic rings. The Hall–Kier alpha value is -1.55. The molecule has 0 unspecified atom stereocenters. The van der Waals surface area contributed by atoms with Crippen LogP contribution in [0.2, 0.25) is 5.02 Å². The zero-order valence-corrected chi connectivity index (χ0v) is 13.2. The van der Waals surface area contributed by atoms with E-state index < -0.39 is 0 Å². The summed E-state index contributed by atoms with van der Waals surface area (Å²) in [5.41, 5.74) is 1.22. The topological polar surface area (TPSA) is 21.7 Å². The van der Waals surface area contributed by atoms with Crippen molar-refractivity contribution in [2.45, 2.75) is 12.6 Å². The second-order valence-electron chi connectivity index (χ2n) is 5.49. The van der Waals surface area contributed by atoms with Gasteiger partial charge in [-0.3, -0.25) is 4.90 Å². The maximum absolute atomic E-state index is 6.06. The average molecular weight is 318 g/mol. The molecule has 0 bridgehead atoms. The van der Waals surface area contributed by atoms with Crippen molar-refractivity contribution in [2.75, 3.05) is 26.3 Å². The van der Waals surface area contributed by atoms with E-state index in [1.807, 2.05) is 48.5 Å². The fraction of sp³-hybridized carbons (Fsp3) is 0.333. The van der Waals surface area contributed by atoms with Crippen LogP contribution in [0.5, 0.6) is 5.75 Å². The van der Waals surface area contributed by atoms with Crippen molar-refractivity contribution in [3.8, 4) is 5.75 Å². The van der Waals surface area contributed by atoms with Gasteiger partial charge in [0.1, 0.15) is 11.9 Å². The van der Waals surface area contributed by atoms with Gasteiger partial charge in [-0.2, -0.15) is 0 Å². The molecule has 0 N–H and O–H groups in total. The highest BCUT2D eigenvalue weighted by Gasteiger charge is 2.20. The summed E-state index contributed by atoms with van der Waals surface area (Å²) in [7, 11) is 0. The first-order chi connectivity index (χ1) is 10.8. The number of hydrogen-bond acceptors (Lipinski definition) is 3. The molecule has 0 radical (unpaired) electrons. The highest BCUT2D eigenvalue weighted by molar-refractivity contribution is 6.30. The fourth-order valence-corrected chi connectivity index (χ4v) is 2.85. The Balaban J connectivity index is 1.62. The summed E-state index contributed by atoms with van der Waals surface area (Å²) in [4.78, 5) is 2.35. The van der Waals surface area contributed by atoms with Crippen molar-refractivity contribution in [3.05, 3.63) is 65.2 Å². The molecule has 3 rings (SSSR count). The summed E-state index contributed by atoms with van der Waals surface area (Å²) in [6.07, 6.45) is 0.0454. The number of benzene rings is 2. The maximum Gasteiger partial charge on any atom is 0.135 e. The van der Waals surface area contributed by atoms with Gasteiger partial charge in [-0.25, -0.2) is 0 Å². The molecule has 1 heterocycles. The third-order valence-corrected chi connectivity index (χ3v) is 3.89. The quantitative estimate of drug-likeness (QED) is 0.859. The summed E-state index contributed by atoms with van der Waals surface area (Å²) in [6.45, 7) is 3.97. The third kappa shape index (κ3) is 4.47. The number of nitrogens with zero attached hydrogens (tertiary/aromatic N) is 1. The van der Waals surface area contributed by atoms with Gasteiger partial charge >= 0.3 is 0 Å². The number of hydrogen-bond donors (Lipinski definition) is 0. The van der Waals surface area contributed by atoms with Crippen molar-refractivity contribution in [1.29, 1.82) is 0 Å².